The van der Waals surface area contributed by atoms with Crippen molar-refractivity contribution in [2.45, 2.75) is 16.6 Å². The quantitative estimate of drug-likeness (QED) is 0.354. The second kappa shape index (κ2) is 7.88. The minimum atomic E-state index is -0.531. The summed E-state index contributed by atoms with van der Waals surface area (Å²) in [7, 11) is 1.55. The van der Waals surface area contributed by atoms with E-state index in [4.69, 9.17) is 12.2 Å². The third kappa shape index (κ3) is 3.66. The number of nitrogens with one attached hydrogen (secondary N) is 1. The number of aliphatic imine (C=N–C) groups is 1. The van der Waals surface area contributed by atoms with Crippen molar-refractivity contribution in [3.63, 3.8) is 0 Å². The average Bonchev–Trinajstić information content (AvgIpc) is 2.92. The number of non-ortho nitro benzene ring substituents is 1. The average molecular weight is 441 g/mol. The number of rotatable bonds is 3. The molecule has 0 bridgehead atoms. The van der Waals surface area contributed by atoms with E-state index in [9.17, 15) is 20.0 Å². The van der Waals surface area contributed by atoms with Gasteiger partial charge in [0.2, 0.25) is 5.88 Å². The Hall–Kier alpha value is -3.24. The van der Waals surface area contributed by atoms with Gasteiger partial charge in [0.25, 0.3) is 11.2 Å². The number of hydrogen-bond acceptors (Lipinski definition) is 7. The lowest BCUT2D eigenvalue weighted by Crippen LogP contribution is -2.23. The molecule has 2 N–H and O–H groups in total. The Morgan fingerprint density at radius 3 is 2.83 bits per heavy atom. The highest BCUT2D eigenvalue weighted by atomic mass is 32.2. The van der Waals surface area contributed by atoms with Crippen molar-refractivity contribution >= 4 is 41.1 Å². The predicted octanol–water partition coefficient (Wildman–Crippen LogP) is 4.41. The molecule has 10 heteroatoms. The zero-order chi connectivity index (χ0) is 21.4. The maximum atomic E-state index is 12.7. The molecule has 1 aliphatic rings. The molecule has 1 aliphatic heterocycles. The molecule has 2 aromatic carbocycles. The van der Waals surface area contributed by atoms with Crippen LogP contribution in [0.3, 0.4) is 0 Å². The van der Waals surface area contributed by atoms with E-state index >= 15 is 0 Å². The van der Waals surface area contributed by atoms with Crippen LogP contribution in [0.5, 0.6) is 5.88 Å². The van der Waals surface area contributed by atoms with Gasteiger partial charge < -0.3 is 5.11 Å². The Labute approximate surface area is 180 Å². The first-order chi connectivity index (χ1) is 14.3. The van der Waals surface area contributed by atoms with Gasteiger partial charge in [-0.15, -0.1) is 11.8 Å². The van der Waals surface area contributed by atoms with E-state index < -0.39 is 10.5 Å². The highest BCUT2D eigenvalue weighted by Gasteiger charge is 2.27. The third-order valence-electron chi connectivity index (χ3n) is 4.80. The van der Waals surface area contributed by atoms with E-state index in [0.717, 1.165) is 10.5 Å². The summed E-state index contributed by atoms with van der Waals surface area (Å²) >= 11 is 6.57. The number of H-pyrrole nitrogens is 1. The molecule has 8 nitrogen and oxygen atoms in total. The maximum Gasteiger partial charge on any atom is 0.269 e. The van der Waals surface area contributed by atoms with Crippen LogP contribution in [0, 0.1) is 14.9 Å². The van der Waals surface area contributed by atoms with Gasteiger partial charge in [-0.2, -0.15) is 0 Å². The standard InChI is InChI=1S/C20H16N4O4S2/c1-23-19(26)17(18(25)22-20(23)29)14-10-16(11-5-4-6-12(9-11)24(27)28)30-15-8-3-2-7-13(15)21-14/h2-9,16,26H,10H2,1H3,(H,22,25,29)/t16-/m1/s1. The van der Waals surface area contributed by atoms with E-state index in [0.29, 0.717) is 11.4 Å². The minimum Gasteiger partial charge on any atom is -0.494 e. The fourth-order valence-electron chi connectivity index (χ4n) is 3.26. The third-order valence-corrected chi connectivity index (χ3v) is 6.50. The zero-order valence-electron chi connectivity index (χ0n) is 15.7. The number of nitro groups is 1. The second-order valence-electron chi connectivity index (χ2n) is 6.71. The largest absolute Gasteiger partial charge is 0.494 e. The fraction of sp³-hybridized carbons (Fsp3) is 0.150. The molecule has 152 valence electrons. The van der Waals surface area contributed by atoms with Crippen molar-refractivity contribution in [3.05, 3.63) is 84.9 Å². The van der Waals surface area contributed by atoms with E-state index in [1.165, 1.54) is 28.5 Å². The normalized spacial score (nSPS) is 15.8. The number of thioether (sulfide) groups is 1. The number of hydrogen-bond donors (Lipinski definition) is 2. The second-order valence-corrected chi connectivity index (χ2v) is 8.34. The maximum absolute atomic E-state index is 12.7. The van der Waals surface area contributed by atoms with Crippen LogP contribution in [-0.4, -0.2) is 25.3 Å². The van der Waals surface area contributed by atoms with Crippen molar-refractivity contribution in [1.29, 1.82) is 0 Å². The Balaban J connectivity index is 1.90. The molecule has 0 spiro atoms. The molecular weight excluding hydrogens is 424 g/mol. The van der Waals surface area contributed by atoms with E-state index in [2.05, 4.69) is 9.98 Å². The molecule has 4 rings (SSSR count). The first-order valence-corrected chi connectivity index (χ1v) is 10.2. The number of aromatic amines is 1. The molecular formula is C20H16N4O4S2. The van der Waals surface area contributed by atoms with Crippen LogP contribution in [0.15, 0.2) is 63.2 Å². The number of nitro benzene ring substituents is 1. The Morgan fingerprint density at radius 1 is 1.30 bits per heavy atom. The molecule has 0 saturated heterocycles. The van der Waals surface area contributed by atoms with Crippen LogP contribution in [0.25, 0.3) is 0 Å². The molecule has 1 aromatic heterocycles. The molecule has 3 aromatic rings. The van der Waals surface area contributed by atoms with Crippen LogP contribution in [0.2, 0.25) is 0 Å². The van der Waals surface area contributed by atoms with Gasteiger partial charge in [0.1, 0.15) is 5.56 Å². The van der Waals surface area contributed by atoms with Crippen molar-refractivity contribution < 1.29 is 10.0 Å². The van der Waals surface area contributed by atoms with Gasteiger partial charge in [0.05, 0.1) is 16.3 Å². The summed E-state index contributed by atoms with van der Waals surface area (Å²) < 4.78 is 1.40. The number of para-hydroxylation sites is 1. The smallest absolute Gasteiger partial charge is 0.269 e. The molecule has 0 radical (unpaired) electrons. The minimum absolute atomic E-state index is 0.00771. The van der Waals surface area contributed by atoms with Gasteiger partial charge in [-0.05, 0) is 29.9 Å². The summed E-state index contributed by atoms with van der Waals surface area (Å²) in [5, 5.41) is 21.6. The molecule has 1 atom stereocenters. The lowest BCUT2D eigenvalue weighted by Gasteiger charge is -2.16. The molecule has 0 amide bonds. The van der Waals surface area contributed by atoms with Crippen LogP contribution in [0.4, 0.5) is 11.4 Å². The molecule has 0 unspecified atom stereocenters. The zero-order valence-corrected chi connectivity index (χ0v) is 17.4. The molecule has 0 saturated carbocycles. The number of fused-ring (bicyclic) bond motifs is 1. The number of aromatic hydroxyl groups is 1. The SMILES string of the molecule is Cn1c(O)c(C2=Nc3ccccc3S[C@@H](c3cccc([N+](=O)[O-])c3)C2)c(=O)[nH]c1=S. The van der Waals surface area contributed by atoms with Crippen LogP contribution < -0.4 is 5.56 Å². The summed E-state index contributed by atoms with van der Waals surface area (Å²) in [5.74, 6) is -0.273. The summed E-state index contributed by atoms with van der Waals surface area (Å²) in [6.45, 7) is 0. The van der Waals surface area contributed by atoms with E-state index in [-0.39, 0.29) is 33.6 Å². The van der Waals surface area contributed by atoms with Gasteiger partial charge in [-0.1, -0.05) is 24.3 Å². The molecule has 0 aliphatic carbocycles. The summed E-state index contributed by atoms with van der Waals surface area (Å²) in [6, 6.07) is 13.9. The number of nitrogens with zero attached hydrogens (tertiary/aromatic N) is 3. The van der Waals surface area contributed by atoms with Gasteiger partial charge in [-0.3, -0.25) is 29.5 Å². The van der Waals surface area contributed by atoms with Gasteiger partial charge in [-0.25, -0.2) is 0 Å². The van der Waals surface area contributed by atoms with Gasteiger partial charge >= 0.3 is 0 Å². The number of benzene rings is 2. The Kier molecular flexibility index (Phi) is 5.27. The Morgan fingerprint density at radius 2 is 2.07 bits per heavy atom. The lowest BCUT2D eigenvalue weighted by atomic mass is 10.0. The first-order valence-electron chi connectivity index (χ1n) is 8.95. The van der Waals surface area contributed by atoms with E-state index in [1.807, 2.05) is 30.3 Å². The first kappa shape index (κ1) is 20.0. The number of aromatic nitrogens is 2. The monoisotopic (exact) mass is 440 g/mol. The van der Waals surface area contributed by atoms with Crippen LogP contribution in [0.1, 0.15) is 22.8 Å². The van der Waals surface area contributed by atoms with Crippen molar-refractivity contribution in [1.82, 2.24) is 9.55 Å². The van der Waals surface area contributed by atoms with Crippen LogP contribution >= 0.6 is 24.0 Å². The Bertz CT molecular complexity index is 1310. The van der Waals surface area contributed by atoms with Crippen molar-refractivity contribution in [2.75, 3.05) is 0 Å². The predicted molar refractivity (Wildman–Crippen MR) is 117 cm³/mol. The summed E-state index contributed by atoms with van der Waals surface area (Å²) in [5.41, 5.74) is 1.28. The van der Waals surface area contributed by atoms with Crippen molar-refractivity contribution in [3.8, 4) is 5.88 Å². The molecule has 30 heavy (non-hydrogen) atoms. The van der Waals surface area contributed by atoms with Crippen molar-refractivity contribution in [2.24, 2.45) is 12.0 Å². The molecule has 2 heterocycles. The highest BCUT2D eigenvalue weighted by Crippen LogP contribution is 2.46. The topological polar surface area (TPSA) is 114 Å². The summed E-state index contributed by atoms with van der Waals surface area (Å²) in [6.07, 6.45) is 0.286. The molecule has 0 fully saturated rings. The highest BCUT2D eigenvalue weighted by molar-refractivity contribution is 7.99. The van der Waals surface area contributed by atoms with Crippen LogP contribution in [-0.2, 0) is 7.05 Å². The van der Waals surface area contributed by atoms with Gasteiger partial charge in [0.15, 0.2) is 4.77 Å². The van der Waals surface area contributed by atoms with Gasteiger partial charge in [0, 0.05) is 35.7 Å². The lowest BCUT2D eigenvalue weighted by molar-refractivity contribution is -0.384. The fourth-order valence-corrected chi connectivity index (χ4v) is 4.66. The summed E-state index contributed by atoms with van der Waals surface area (Å²) in [4.78, 5) is 31.5. The van der Waals surface area contributed by atoms with E-state index in [1.54, 1.807) is 13.1 Å².